The molecule has 0 aliphatic carbocycles. The molecule has 4 heteroatoms. The van der Waals surface area contributed by atoms with Crippen LogP contribution in [-0.4, -0.2) is 27.9 Å². The first-order valence-corrected chi connectivity index (χ1v) is 8.07. The van der Waals surface area contributed by atoms with Crippen LogP contribution in [0.4, 0.5) is 0 Å². The van der Waals surface area contributed by atoms with Gasteiger partial charge in [-0.1, -0.05) is 35.9 Å². The zero-order chi connectivity index (χ0) is 16.3. The van der Waals surface area contributed by atoms with Crippen LogP contribution >= 0.6 is 0 Å². The first kappa shape index (κ1) is 15.7. The minimum Gasteiger partial charge on any atom is -0.349 e. The van der Waals surface area contributed by atoms with Gasteiger partial charge in [-0.2, -0.15) is 0 Å². The molecule has 2 heterocycles. The number of amides is 1. The van der Waals surface area contributed by atoms with Crippen LogP contribution in [-0.2, 0) is 17.9 Å². The van der Waals surface area contributed by atoms with E-state index < -0.39 is 5.54 Å². The van der Waals surface area contributed by atoms with Crippen molar-refractivity contribution in [3.8, 4) is 0 Å². The molecule has 120 valence electrons. The number of pyridine rings is 1. The van der Waals surface area contributed by atoms with Crippen molar-refractivity contribution in [3.05, 3.63) is 65.5 Å². The predicted octanol–water partition coefficient (Wildman–Crippen LogP) is 2.67. The molecule has 2 aromatic rings. The molecule has 1 unspecified atom stereocenters. The maximum atomic E-state index is 12.6. The lowest BCUT2D eigenvalue weighted by Crippen LogP contribution is -2.65. The van der Waals surface area contributed by atoms with Gasteiger partial charge in [0.1, 0.15) is 0 Å². The van der Waals surface area contributed by atoms with Crippen LogP contribution in [0.3, 0.4) is 0 Å². The summed E-state index contributed by atoms with van der Waals surface area (Å²) < 4.78 is 0. The number of aromatic nitrogens is 1. The second-order valence-electron chi connectivity index (χ2n) is 6.43. The number of nitrogens with zero attached hydrogens (tertiary/aromatic N) is 2. The lowest BCUT2D eigenvalue weighted by molar-refractivity contribution is -0.142. The molecule has 1 N–H and O–H groups in total. The highest BCUT2D eigenvalue weighted by Crippen LogP contribution is 2.32. The normalized spacial score (nSPS) is 20.8. The number of likely N-dealkylation sites (tertiary alicyclic amines) is 1. The Morgan fingerprint density at radius 3 is 2.65 bits per heavy atom. The van der Waals surface area contributed by atoms with Crippen LogP contribution in [0.25, 0.3) is 0 Å². The summed E-state index contributed by atoms with van der Waals surface area (Å²) in [4.78, 5) is 19.1. The van der Waals surface area contributed by atoms with Crippen LogP contribution < -0.4 is 5.32 Å². The molecule has 3 rings (SSSR count). The van der Waals surface area contributed by atoms with Crippen LogP contribution in [0, 0.1) is 6.92 Å². The maximum absolute atomic E-state index is 12.6. The van der Waals surface area contributed by atoms with Crippen LogP contribution in [0.5, 0.6) is 0 Å². The Balaban J connectivity index is 1.59. The molecule has 1 aliphatic heterocycles. The van der Waals surface area contributed by atoms with Gasteiger partial charge in [0.15, 0.2) is 0 Å². The van der Waals surface area contributed by atoms with Gasteiger partial charge in [0.25, 0.3) is 0 Å². The largest absolute Gasteiger partial charge is 0.349 e. The molecule has 0 bridgehead atoms. The number of aryl methyl sites for hydroxylation is 1. The van der Waals surface area contributed by atoms with Gasteiger partial charge in [0.2, 0.25) is 5.91 Å². The van der Waals surface area contributed by atoms with Crippen molar-refractivity contribution < 1.29 is 4.79 Å². The van der Waals surface area contributed by atoms with Crippen molar-refractivity contribution in [1.29, 1.82) is 0 Å². The minimum atomic E-state index is -0.417. The standard InChI is InChI=1S/C19H23N3O/c1-15-6-8-16(9-7-15)14-22-12-10-19(22,2)18(23)21-13-17-5-3-4-11-20-17/h3-9,11H,10,12-14H2,1-2H3,(H,21,23). The Hall–Kier alpha value is -2.20. The first-order valence-electron chi connectivity index (χ1n) is 8.07. The van der Waals surface area contributed by atoms with Crippen molar-refractivity contribution in [3.63, 3.8) is 0 Å². The van der Waals surface area contributed by atoms with E-state index in [1.165, 1.54) is 11.1 Å². The second kappa shape index (κ2) is 6.50. The summed E-state index contributed by atoms with van der Waals surface area (Å²) in [7, 11) is 0. The van der Waals surface area contributed by atoms with E-state index in [2.05, 4.69) is 46.4 Å². The molecular weight excluding hydrogens is 286 g/mol. The number of hydrogen-bond acceptors (Lipinski definition) is 3. The van der Waals surface area contributed by atoms with Crippen molar-refractivity contribution in [1.82, 2.24) is 15.2 Å². The third kappa shape index (κ3) is 3.42. The molecule has 1 atom stereocenters. The molecule has 1 aromatic carbocycles. The van der Waals surface area contributed by atoms with E-state index in [0.29, 0.717) is 6.54 Å². The summed E-state index contributed by atoms with van der Waals surface area (Å²) in [5.74, 6) is 0.0847. The molecule has 0 spiro atoms. The molecule has 1 aliphatic rings. The van der Waals surface area contributed by atoms with Gasteiger partial charge in [-0.25, -0.2) is 0 Å². The summed E-state index contributed by atoms with van der Waals surface area (Å²) in [6, 6.07) is 14.2. The summed E-state index contributed by atoms with van der Waals surface area (Å²) in [5, 5.41) is 3.02. The van der Waals surface area contributed by atoms with Gasteiger partial charge in [0, 0.05) is 19.3 Å². The van der Waals surface area contributed by atoms with Gasteiger partial charge in [-0.15, -0.1) is 0 Å². The second-order valence-corrected chi connectivity index (χ2v) is 6.43. The summed E-state index contributed by atoms with van der Waals surface area (Å²) in [6.07, 6.45) is 2.64. The summed E-state index contributed by atoms with van der Waals surface area (Å²) in [5.41, 5.74) is 2.97. The molecule has 0 radical (unpaired) electrons. The van der Waals surface area contributed by atoms with E-state index in [0.717, 1.165) is 25.2 Å². The monoisotopic (exact) mass is 309 g/mol. The molecular formula is C19H23N3O. The Bertz CT molecular complexity index is 669. The van der Waals surface area contributed by atoms with E-state index in [1.807, 2.05) is 25.1 Å². The van der Waals surface area contributed by atoms with Gasteiger partial charge in [0.05, 0.1) is 17.8 Å². The minimum absolute atomic E-state index is 0.0847. The van der Waals surface area contributed by atoms with Gasteiger partial charge in [-0.05, 0) is 38.0 Å². The van der Waals surface area contributed by atoms with Gasteiger partial charge in [-0.3, -0.25) is 14.7 Å². The summed E-state index contributed by atoms with van der Waals surface area (Å²) >= 11 is 0. The Morgan fingerprint density at radius 1 is 1.26 bits per heavy atom. The van der Waals surface area contributed by atoms with Crippen molar-refractivity contribution in [2.45, 2.75) is 38.9 Å². The third-order valence-corrected chi connectivity index (χ3v) is 4.71. The maximum Gasteiger partial charge on any atom is 0.240 e. The Labute approximate surface area is 137 Å². The number of carbonyl (C=O) groups excluding carboxylic acids is 1. The highest BCUT2D eigenvalue weighted by Gasteiger charge is 2.46. The fourth-order valence-electron chi connectivity index (χ4n) is 2.89. The van der Waals surface area contributed by atoms with Crippen LogP contribution in [0.2, 0.25) is 0 Å². The molecule has 1 saturated heterocycles. The topological polar surface area (TPSA) is 45.2 Å². The highest BCUT2D eigenvalue weighted by molar-refractivity contribution is 5.86. The third-order valence-electron chi connectivity index (χ3n) is 4.71. The quantitative estimate of drug-likeness (QED) is 0.923. The van der Waals surface area contributed by atoms with Crippen LogP contribution in [0.1, 0.15) is 30.2 Å². The van der Waals surface area contributed by atoms with E-state index in [4.69, 9.17) is 0 Å². The molecule has 4 nitrogen and oxygen atoms in total. The average Bonchev–Trinajstić information content (AvgIpc) is 2.58. The molecule has 23 heavy (non-hydrogen) atoms. The van der Waals surface area contributed by atoms with Crippen molar-refractivity contribution >= 4 is 5.91 Å². The lowest BCUT2D eigenvalue weighted by atomic mass is 9.85. The summed E-state index contributed by atoms with van der Waals surface area (Å²) in [6.45, 7) is 6.36. The van der Waals surface area contributed by atoms with E-state index in [1.54, 1.807) is 6.20 Å². The molecule has 1 aromatic heterocycles. The SMILES string of the molecule is Cc1ccc(CN2CCC2(C)C(=O)NCc2ccccn2)cc1. The lowest BCUT2D eigenvalue weighted by Gasteiger charge is -2.49. The average molecular weight is 309 g/mol. The predicted molar refractivity (Wildman–Crippen MR) is 90.7 cm³/mol. The Morgan fingerprint density at radius 2 is 2.04 bits per heavy atom. The number of benzene rings is 1. The van der Waals surface area contributed by atoms with E-state index in [9.17, 15) is 4.79 Å². The van der Waals surface area contributed by atoms with E-state index in [-0.39, 0.29) is 5.91 Å². The smallest absolute Gasteiger partial charge is 0.240 e. The Kier molecular flexibility index (Phi) is 4.44. The number of carbonyl (C=O) groups is 1. The first-order chi connectivity index (χ1) is 11.1. The number of rotatable bonds is 5. The molecule has 1 amide bonds. The van der Waals surface area contributed by atoms with Gasteiger partial charge < -0.3 is 5.32 Å². The molecule has 0 saturated carbocycles. The zero-order valence-electron chi connectivity index (χ0n) is 13.7. The van der Waals surface area contributed by atoms with E-state index >= 15 is 0 Å². The highest BCUT2D eigenvalue weighted by atomic mass is 16.2. The fourth-order valence-corrected chi connectivity index (χ4v) is 2.89. The van der Waals surface area contributed by atoms with Crippen molar-refractivity contribution in [2.24, 2.45) is 0 Å². The fraction of sp³-hybridized carbons (Fsp3) is 0.368. The zero-order valence-corrected chi connectivity index (χ0v) is 13.7. The van der Waals surface area contributed by atoms with Gasteiger partial charge >= 0.3 is 0 Å². The molecule has 1 fully saturated rings. The van der Waals surface area contributed by atoms with Crippen molar-refractivity contribution in [2.75, 3.05) is 6.54 Å². The number of hydrogen-bond donors (Lipinski definition) is 1. The number of nitrogens with one attached hydrogen (secondary N) is 1. The van der Waals surface area contributed by atoms with Crippen LogP contribution in [0.15, 0.2) is 48.7 Å².